The molecule has 8 nitrogen and oxygen atoms in total. The molecule has 0 saturated heterocycles. The largest absolute Gasteiger partial charge is 0.497 e. The fourth-order valence-corrected chi connectivity index (χ4v) is 4.13. The van der Waals surface area contributed by atoms with Crippen LogP contribution in [0.15, 0.2) is 71.6 Å². The fraction of sp³-hybridized carbons (Fsp3) is 0.0909. The summed E-state index contributed by atoms with van der Waals surface area (Å²) in [6.07, 6.45) is 0. The van der Waals surface area contributed by atoms with Crippen LogP contribution in [0, 0.1) is 5.82 Å². The first-order chi connectivity index (χ1) is 15.4. The van der Waals surface area contributed by atoms with E-state index in [1.807, 2.05) is 0 Å². The van der Waals surface area contributed by atoms with Crippen LogP contribution in [-0.4, -0.2) is 32.6 Å². The highest BCUT2D eigenvalue weighted by Gasteiger charge is 2.22. The highest BCUT2D eigenvalue weighted by Crippen LogP contribution is 2.34. The van der Waals surface area contributed by atoms with Crippen molar-refractivity contribution in [3.8, 4) is 11.5 Å². The van der Waals surface area contributed by atoms with Gasteiger partial charge in [0, 0.05) is 6.07 Å². The van der Waals surface area contributed by atoms with Crippen LogP contribution in [0.4, 0.5) is 21.7 Å². The molecule has 1 heterocycles. The predicted octanol–water partition coefficient (Wildman–Crippen LogP) is 4.33. The maximum Gasteiger partial charge on any atom is 0.266 e. The standard InChI is InChI=1S/C22H19FN4O4S/c1-30-14-11-12-19(31-2)18(13-14)26-21-22(25-17-9-5-4-8-16(17)24-21)27-32(28,29)20-10-6-3-7-15(20)23/h3-13H,1-2H3,(H,24,26)(H,25,27). The zero-order valence-corrected chi connectivity index (χ0v) is 18.0. The molecule has 0 radical (unpaired) electrons. The molecule has 0 bridgehead atoms. The highest BCUT2D eigenvalue weighted by atomic mass is 32.2. The summed E-state index contributed by atoms with van der Waals surface area (Å²) in [5.41, 5.74) is 1.47. The van der Waals surface area contributed by atoms with Crippen molar-refractivity contribution in [1.29, 1.82) is 0 Å². The summed E-state index contributed by atoms with van der Waals surface area (Å²) < 4.78 is 52.9. The van der Waals surface area contributed by atoms with Crippen molar-refractivity contribution in [3.63, 3.8) is 0 Å². The molecule has 4 aromatic rings. The smallest absolute Gasteiger partial charge is 0.266 e. The molecule has 0 amide bonds. The number of nitrogens with one attached hydrogen (secondary N) is 2. The van der Waals surface area contributed by atoms with Gasteiger partial charge >= 0.3 is 0 Å². The van der Waals surface area contributed by atoms with E-state index in [-0.39, 0.29) is 11.6 Å². The second-order valence-electron chi connectivity index (χ2n) is 6.64. The maximum atomic E-state index is 14.2. The Labute approximate surface area is 184 Å². The van der Waals surface area contributed by atoms with Crippen molar-refractivity contribution in [2.75, 3.05) is 24.3 Å². The number of ether oxygens (including phenoxy) is 2. The summed E-state index contributed by atoms with van der Waals surface area (Å²) in [5, 5.41) is 3.05. The van der Waals surface area contributed by atoms with Crippen LogP contribution >= 0.6 is 0 Å². The molecule has 0 aliphatic rings. The van der Waals surface area contributed by atoms with Gasteiger partial charge in [0.05, 0.1) is 30.9 Å². The lowest BCUT2D eigenvalue weighted by Gasteiger charge is -2.16. The van der Waals surface area contributed by atoms with E-state index in [2.05, 4.69) is 20.0 Å². The average Bonchev–Trinajstić information content (AvgIpc) is 2.79. The van der Waals surface area contributed by atoms with E-state index in [9.17, 15) is 12.8 Å². The predicted molar refractivity (Wildman–Crippen MR) is 120 cm³/mol. The van der Waals surface area contributed by atoms with E-state index < -0.39 is 20.7 Å². The van der Waals surface area contributed by atoms with Crippen LogP contribution < -0.4 is 19.5 Å². The number of fused-ring (bicyclic) bond motifs is 1. The zero-order valence-electron chi connectivity index (χ0n) is 17.2. The van der Waals surface area contributed by atoms with E-state index in [1.54, 1.807) is 42.5 Å². The quantitative estimate of drug-likeness (QED) is 0.428. The van der Waals surface area contributed by atoms with E-state index in [4.69, 9.17) is 9.47 Å². The lowest BCUT2D eigenvalue weighted by molar-refractivity contribution is 0.405. The van der Waals surface area contributed by atoms with Gasteiger partial charge in [-0.1, -0.05) is 24.3 Å². The highest BCUT2D eigenvalue weighted by molar-refractivity contribution is 7.92. The zero-order chi connectivity index (χ0) is 22.7. The lowest BCUT2D eigenvalue weighted by atomic mass is 10.2. The first-order valence-electron chi connectivity index (χ1n) is 9.44. The van der Waals surface area contributed by atoms with Gasteiger partial charge in [-0.15, -0.1) is 0 Å². The van der Waals surface area contributed by atoms with Gasteiger partial charge in [0.15, 0.2) is 11.6 Å². The Bertz CT molecular complexity index is 1400. The molecule has 164 valence electrons. The molecule has 0 saturated carbocycles. The Morgan fingerprint density at radius 1 is 0.844 bits per heavy atom. The van der Waals surface area contributed by atoms with Crippen molar-refractivity contribution in [2.45, 2.75) is 4.90 Å². The van der Waals surface area contributed by atoms with Crippen molar-refractivity contribution in [2.24, 2.45) is 0 Å². The maximum absolute atomic E-state index is 14.2. The van der Waals surface area contributed by atoms with Crippen LogP contribution in [0.25, 0.3) is 11.0 Å². The third kappa shape index (κ3) is 4.26. The first-order valence-corrected chi connectivity index (χ1v) is 10.9. The summed E-state index contributed by atoms with van der Waals surface area (Å²) in [6, 6.07) is 17.1. The van der Waals surface area contributed by atoms with Gasteiger partial charge in [0.2, 0.25) is 0 Å². The Morgan fingerprint density at radius 2 is 1.50 bits per heavy atom. The molecule has 0 spiro atoms. The topological polar surface area (TPSA) is 102 Å². The third-order valence-corrected chi connectivity index (χ3v) is 5.96. The molecule has 4 rings (SSSR count). The summed E-state index contributed by atoms with van der Waals surface area (Å²) in [6.45, 7) is 0. The van der Waals surface area contributed by atoms with Crippen molar-refractivity contribution in [3.05, 3.63) is 72.5 Å². The Hall–Kier alpha value is -3.92. The van der Waals surface area contributed by atoms with Crippen LogP contribution in [0.1, 0.15) is 0 Å². The Kier molecular flexibility index (Phi) is 5.78. The molecule has 2 N–H and O–H groups in total. The van der Waals surface area contributed by atoms with Crippen molar-refractivity contribution >= 4 is 38.4 Å². The van der Waals surface area contributed by atoms with Gasteiger partial charge in [-0.2, -0.15) is 0 Å². The summed E-state index contributed by atoms with van der Waals surface area (Å²) >= 11 is 0. The number of rotatable bonds is 7. The molecule has 0 fully saturated rings. The minimum atomic E-state index is -4.28. The van der Waals surface area contributed by atoms with Crippen LogP contribution in [-0.2, 0) is 10.0 Å². The van der Waals surface area contributed by atoms with Gasteiger partial charge in [-0.3, -0.25) is 4.72 Å². The monoisotopic (exact) mass is 454 g/mol. The normalized spacial score (nSPS) is 11.2. The second-order valence-corrected chi connectivity index (χ2v) is 8.29. The van der Waals surface area contributed by atoms with Gasteiger partial charge < -0.3 is 14.8 Å². The van der Waals surface area contributed by atoms with Crippen LogP contribution in [0.3, 0.4) is 0 Å². The molecule has 3 aromatic carbocycles. The molecular formula is C22H19FN4O4S. The lowest BCUT2D eigenvalue weighted by Crippen LogP contribution is -2.17. The van der Waals surface area contributed by atoms with Crippen molar-refractivity contribution in [1.82, 2.24) is 9.97 Å². The second kappa shape index (κ2) is 8.67. The first kappa shape index (κ1) is 21.3. The number of anilines is 3. The third-order valence-electron chi connectivity index (χ3n) is 4.59. The molecule has 0 unspecified atom stereocenters. The molecule has 1 aromatic heterocycles. The summed E-state index contributed by atoms with van der Waals surface area (Å²) in [7, 11) is -1.26. The Morgan fingerprint density at radius 3 is 2.16 bits per heavy atom. The minimum absolute atomic E-state index is 0.100. The van der Waals surface area contributed by atoms with E-state index in [1.165, 1.54) is 32.4 Å². The molecule has 0 aliphatic heterocycles. The molecular weight excluding hydrogens is 435 g/mol. The number of sulfonamides is 1. The number of hydrogen-bond acceptors (Lipinski definition) is 7. The number of nitrogens with zero attached hydrogens (tertiary/aromatic N) is 2. The summed E-state index contributed by atoms with van der Waals surface area (Å²) in [4.78, 5) is 8.41. The van der Waals surface area contributed by atoms with Gasteiger partial charge in [-0.05, 0) is 36.4 Å². The number of halogens is 1. The van der Waals surface area contributed by atoms with Crippen molar-refractivity contribution < 1.29 is 22.3 Å². The number of benzene rings is 3. The number of para-hydroxylation sites is 2. The fourth-order valence-electron chi connectivity index (χ4n) is 3.04. The molecule has 10 heteroatoms. The molecule has 0 atom stereocenters. The minimum Gasteiger partial charge on any atom is -0.497 e. The van der Waals surface area contributed by atoms with E-state index in [0.29, 0.717) is 28.2 Å². The average molecular weight is 454 g/mol. The SMILES string of the molecule is COc1ccc(OC)c(Nc2nc3ccccc3nc2NS(=O)(=O)c2ccccc2F)c1. The molecule has 0 aliphatic carbocycles. The number of aromatic nitrogens is 2. The Balaban J connectivity index is 1.83. The van der Waals surface area contributed by atoms with E-state index in [0.717, 1.165) is 6.07 Å². The van der Waals surface area contributed by atoms with Gasteiger partial charge in [0.1, 0.15) is 22.2 Å². The van der Waals surface area contributed by atoms with Gasteiger partial charge in [0.25, 0.3) is 10.0 Å². The molecule has 32 heavy (non-hydrogen) atoms. The van der Waals surface area contributed by atoms with Crippen LogP contribution in [0.5, 0.6) is 11.5 Å². The summed E-state index contributed by atoms with van der Waals surface area (Å²) in [5.74, 6) is 0.156. The number of methoxy groups -OCH3 is 2. The van der Waals surface area contributed by atoms with Crippen LogP contribution in [0.2, 0.25) is 0 Å². The van der Waals surface area contributed by atoms with E-state index >= 15 is 0 Å². The van der Waals surface area contributed by atoms with Gasteiger partial charge in [-0.25, -0.2) is 22.8 Å². The number of hydrogen-bond donors (Lipinski definition) is 2.